The van der Waals surface area contributed by atoms with Crippen molar-refractivity contribution in [2.75, 3.05) is 11.9 Å². The topological polar surface area (TPSA) is 42.1 Å². The van der Waals surface area contributed by atoms with Gasteiger partial charge in [-0.1, -0.05) is 25.1 Å². The Balaban J connectivity index is 2.10. The molecule has 0 bridgehead atoms. The van der Waals surface area contributed by atoms with Crippen molar-refractivity contribution >= 4 is 5.69 Å². The molecule has 0 saturated carbocycles. The third-order valence-electron chi connectivity index (χ3n) is 3.40. The van der Waals surface area contributed by atoms with Gasteiger partial charge in [-0.2, -0.15) is 0 Å². The van der Waals surface area contributed by atoms with Crippen LogP contribution in [0.2, 0.25) is 0 Å². The molecule has 20 heavy (non-hydrogen) atoms. The second-order valence-corrected chi connectivity index (χ2v) is 4.90. The molecule has 1 aromatic carbocycles. The predicted octanol–water partition coefficient (Wildman–Crippen LogP) is 3.27. The number of halogens is 1. The number of nitrogens with zero attached hydrogens (tertiary/aromatic N) is 2. The summed E-state index contributed by atoms with van der Waals surface area (Å²) >= 11 is 0. The fourth-order valence-corrected chi connectivity index (χ4v) is 2.03. The molecular formula is C16H20FN3. The molecule has 4 heteroatoms. The Hall–Kier alpha value is -1.94. The van der Waals surface area contributed by atoms with E-state index in [9.17, 15) is 4.39 Å². The van der Waals surface area contributed by atoms with Crippen LogP contribution in [0, 0.1) is 5.82 Å². The maximum absolute atomic E-state index is 13.6. The van der Waals surface area contributed by atoms with Crippen LogP contribution in [0.3, 0.4) is 0 Å². The number of nitrogens with two attached hydrogens (primary N) is 1. The molecule has 2 N–H and O–H groups in total. The summed E-state index contributed by atoms with van der Waals surface area (Å²) in [5, 5.41) is 0. The number of rotatable bonds is 5. The molecule has 1 unspecified atom stereocenters. The highest BCUT2D eigenvalue weighted by atomic mass is 19.1. The van der Waals surface area contributed by atoms with E-state index in [0.717, 1.165) is 17.8 Å². The average molecular weight is 273 g/mol. The zero-order valence-electron chi connectivity index (χ0n) is 11.9. The van der Waals surface area contributed by atoms with E-state index < -0.39 is 0 Å². The Bertz CT molecular complexity index is 554. The molecule has 1 atom stereocenters. The summed E-state index contributed by atoms with van der Waals surface area (Å²) in [6.07, 6.45) is 2.64. The standard InChI is InChI=1S/C16H20FN3/c1-3-15(18)16-9-8-13(10-19-16)20(2)11-12-6-4-5-7-14(12)17/h4-10,15H,3,11,18H2,1-2H3. The summed E-state index contributed by atoms with van der Waals surface area (Å²) in [7, 11) is 1.92. The molecular weight excluding hydrogens is 253 g/mol. The third-order valence-corrected chi connectivity index (χ3v) is 3.40. The van der Waals surface area contributed by atoms with Crippen molar-refractivity contribution in [2.24, 2.45) is 5.73 Å². The molecule has 2 aromatic rings. The predicted molar refractivity (Wildman–Crippen MR) is 80.0 cm³/mol. The Morgan fingerprint density at radius 1 is 1.25 bits per heavy atom. The molecule has 0 aliphatic rings. The van der Waals surface area contributed by atoms with Gasteiger partial charge in [-0.15, -0.1) is 0 Å². The molecule has 1 aromatic heterocycles. The normalized spacial score (nSPS) is 12.2. The number of pyridine rings is 1. The fraction of sp³-hybridized carbons (Fsp3) is 0.312. The number of aromatic nitrogens is 1. The van der Waals surface area contributed by atoms with E-state index in [1.54, 1.807) is 18.3 Å². The molecule has 106 valence electrons. The molecule has 0 fully saturated rings. The van der Waals surface area contributed by atoms with Crippen molar-refractivity contribution in [3.8, 4) is 0 Å². The first kappa shape index (κ1) is 14.5. The van der Waals surface area contributed by atoms with Gasteiger partial charge in [0.1, 0.15) is 5.82 Å². The summed E-state index contributed by atoms with van der Waals surface area (Å²) in [6, 6.07) is 10.7. The molecule has 1 heterocycles. The van der Waals surface area contributed by atoms with Crippen LogP contribution in [-0.2, 0) is 6.54 Å². The summed E-state index contributed by atoms with van der Waals surface area (Å²) < 4.78 is 13.6. The zero-order valence-corrected chi connectivity index (χ0v) is 11.9. The molecule has 0 amide bonds. The molecule has 3 nitrogen and oxygen atoms in total. The van der Waals surface area contributed by atoms with E-state index in [-0.39, 0.29) is 11.9 Å². The van der Waals surface area contributed by atoms with Gasteiger partial charge in [-0.25, -0.2) is 4.39 Å². The van der Waals surface area contributed by atoms with Gasteiger partial charge < -0.3 is 10.6 Å². The quantitative estimate of drug-likeness (QED) is 0.909. The van der Waals surface area contributed by atoms with E-state index in [0.29, 0.717) is 12.1 Å². The van der Waals surface area contributed by atoms with Crippen LogP contribution in [0.5, 0.6) is 0 Å². The Kier molecular flexibility index (Phi) is 4.69. The molecule has 0 aliphatic heterocycles. The lowest BCUT2D eigenvalue weighted by molar-refractivity contribution is 0.608. The lowest BCUT2D eigenvalue weighted by Gasteiger charge is -2.20. The molecule has 2 rings (SSSR count). The van der Waals surface area contributed by atoms with Gasteiger partial charge in [-0.3, -0.25) is 4.98 Å². The summed E-state index contributed by atoms with van der Waals surface area (Å²) in [4.78, 5) is 6.34. The second-order valence-electron chi connectivity index (χ2n) is 4.90. The largest absolute Gasteiger partial charge is 0.369 e. The highest BCUT2D eigenvalue weighted by Crippen LogP contribution is 2.18. The first-order valence-electron chi connectivity index (χ1n) is 6.78. The van der Waals surface area contributed by atoms with E-state index in [2.05, 4.69) is 4.98 Å². The highest BCUT2D eigenvalue weighted by molar-refractivity contribution is 5.44. The van der Waals surface area contributed by atoms with Gasteiger partial charge in [-0.05, 0) is 24.6 Å². The molecule has 0 aliphatic carbocycles. The molecule has 0 spiro atoms. The van der Waals surface area contributed by atoms with Gasteiger partial charge in [0.15, 0.2) is 0 Å². The van der Waals surface area contributed by atoms with E-state index >= 15 is 0 Å². The van der Waals surface area contributed by atoms with Crippen molar-refractivity contribution in [1.29, 1.82) is 0 Å². The Morgan fingerprint density at radius 3 is 2.60 bits per heavy atom. The van der Waals surface area contributed by atoms with Crippen molar-refractivity contribution in [1.82, 2.24) is 4.98 Å². The minimum absolute atomic E-state index is 0.0269. The molecule has 0 radical (unpaired) electrons. The van der Waals surface area contributed by atoms with Gasteiger partial charge in [0, 0.05) is 25.2 Å². The minimum Gasteiger partial charge on any atom is -0.369 e. The van der Waals surface area contributed by atoms with Crippen molar-refractivity contribution in [3.63, 3.8) is 0 Å². The van der Waals surface area contributed by atoms with Gasteiger partial charge in [0.25, 0.3) is 0 Å². The maximum Gasteiger partial charge on any atom is 0.128 e. The fourth-order valence-electron chi connectivity index (χ4n) is 2.03. The summed E-state index contributed by atoms with van der Waals surface area (Å²) in [5.74, 6) is -0.183. The van der Waals surface area contributed by atoms with Crippen molar-refractivity contribution in [2.45, 2.75) is 25.9 Å². The SMILES string of the molecule is CCC(N)c1ccc(N(C)Cc2ccccc2F)cn1. The number of hydrogen-bond donors (Lipinski definition) is 1. The first-order valence-corrected chi connectivity index (χ1v) is 6.78. The maximum atomic E-state index is 13.6. The van der Waals surface area contributed by atoms with Gasteiger partial charge in [0.05, 0.1) is 17.6 Å². The zero-order chi connectivity index (χ0) is 14.5. The van der Waals surface area contributed by atoms with Crippen LogP contribution in [-0.4, -0.2) is 12.0 Å². The van der Waals surface area contributed by atoms with Crippen LogP contribution in [0.4, 0.5) is 10.1 Å². The van der Waals surface area contributed by atoms with E-state index in [1.807, 2.05) is 37.1 Å². The van der Waals surface area contributed by atoms with Crippen LogP contribution in [0.1, 0.15) is 30.6 Å². The first-order chi connectivity index (χ1) is 9.61. The Morgan fingerprint density at radius 2 is 2.00 bits per heavy atom. The van der Waals surface area contributed by atoms with Crippen molar-refractivity contribution in [3.05, 3.63) is 59.7 Å². The highest BCUT2D eigenvalue weighted by Gasteiger charge is 2.08. The lowest BCUT2D eigenvalue weighted by atomic mass is 10.1. The lowest BCUT2D eigenvalue weighted by Crippen LogP contribution is -2.18. The smallest absolute Gasteiger partial charge is 0.128 e. The number of benzene rings is 1. The van der Waals surface area contributed by atoms with E-state index in [4.69, 9.17) is 5.73 Å². The summed E-state index contributed by atoms with van der Waals surface area (Å²) in [6.45, 7) is 2.54. The Labute approximate surface area is 119 Å². The number of hydrogen-bond acceptors (Lipinski definition) is 3. The van der Waals surface area contributed by atoms with Crippen LogP contribution < -0.4 is 10.6 Å². The minimum atomic E-state index is -0.183. The monoisotopic (exact) mass is 273 g/mol. The third kappa shape index (κ3) is 3.33. The molecule has 0 saturated heterocycles. The second kappa shape index (κ2) is 6.48. The van der Waals surface area contributed by atoms with Crippen LogP contribution >= 0.6 is 0 Å². The van der Waals surface area contributed by atoms with Gasteiger partial charge >= 0.3 is 0 Å². The number of anilines is 1. The van der Waals surface area contributed by atoms with E-state index in [1.165, 1.54) is 6.07 Å². The summed E-state index contributed by atoms with van der Waals surface area (Å²) in [5.41, 5.74) is 8.44. The van der Waals surface area contributed by atoms with Crippen molar-refractivity contribution < 1.29 is 4.39 Å². The average Bonchev–Trinajstić information content (AvgIpc) is 2.49. The van der Waals surface area contributed by atoms with Crippen LogP contribution in [0.15, 0.2) is 42.6 Å². The van der Waals surface area contributed by atoms with Crippen LogP contribution in [0.25, 0.3) is 0 Å². The van der Waals surface area contributed by atoms with Gasteiger partial charge in [0.2, 0.25) is 0 Å².